The molecule has 3 rings (SSSR count). The monoisotopic (exact) mass is 443 g/mol. The van der Waals surface area contributed by atoms with Crippen molar-refractivity contribution in [3.8, 4) is 0 Å². The molecule has 1 saturated heterocycles. The topological polar surface area (TPSA) is 60.9 Å². The average Bonchev–Trinajstić information content (AvgIpc) is 2.71. The van der Waals surface area contributed by atoms with Crippen LogP contribution in [-0.2, 0) is 21.4 Å². The molecule has 0 unspecified atom stereocenters. The zero-order chi connectivity index (χ0) is 22.6. The fraction of sp³-hybridized carbons (Fsp3) is 0.458. The third-order valence-electron chi connectivity index (χ3n) is 5.71. The normalized spacial score (nSPS) is 16.2. The number of anilines is 1. The van der Waals surface area contributed by atoms with Gasteiger partial charge in [0.05, 0.1) is 11.9 Å². The molecule has 1 aliphatic rings. The molecule has 31 heavy (non-hydrogen) atoms. The maximum atomic E-state index is 13.4. The van der Waals surface area contributed by atoms with Crippen molar-refractivity contribution in [1.29, 1.82) is 0 Å². The molecule has 6 nitrogen and oxygen atoms in total. The summed E-state index contributed by atoms with van der Waals surface area (Å²) in [7, 11) is -3.62. The Hall–Kier alpha value is -2.38. The van der Waals surface area contributed by atoms with Gasteiger partial charge in [0.1, 0.15) is 6.04 Å². The molecule has 0 radical (unpaired) electrons. The molecule has 2 aromatic rings. The minimum absolute atomic E-state index is 0.119. The summed E-state index contributed by atoms with van der Waals surface area (Å²) >= 11 is 0. The highest BCUT2D eigenvalue weighted by molar-refractivity contribution is 7.92. The lowest BCUT2D eigenvalue weighted by Gasteiger charge is -2.39. The summed E-state index contributed by atoms with van der Waals surface area (Å²) in [4.78, 5) is 17.6. The number of aryl methyl sites for hydroxylation is 2. The fourth-order valence-corrected chi connectivity index (χ4v) is 5.49. The predicted molar refractivity (Wildman–Crippen MR) is 126 cm³/mol. The number of carbonyl (C=O) groups is 1. The molecular formula is C24H33N3O3S. The van der Waals surface area contributed by atoms with E-state index in [0.717, 1.165) is 30.8 Å². The number of carbonyl (C=O) groups excluding carboxylic acids is 1. The molecule has 1 heterocycles. The number of hydrogen-bond acceptors (Lipinski definition) is 4. The van der Waals surface area contributed by atoms with Crippen molar-refractivity contribution in [2.75, 3.05) is 36.7 Å². The van der Waals surface area contributed by atoms with E-state index in [9.17, 15) is 13.2 Å². The minimum Gasteiger partial charge on any atom is -0.338 e. The summed E-state index contributed by atoms with van der Waals surface area (Å²) in [5.41, 5.74) is 3.76. The van der Waals surface area contributed by atoms with E-state index < -0.39 is 16.1 Å². The Morgan fingerprint density at radius 1 is 1.00 bits per heavy atom. The molecule has 0 spiro atoms. The van der Waals surface area contributed by atoms with Gasteiger partial charge in [-0.3, -0.25) is 14.0 Å². The van der Waals surface area contributed by atoms with E-state index in [1.54, 1.807) is 0 Å². The van der Waals surface area contributed by atoms with Gasteiger partial charge < -0.3 is 4.90 Å². The number of sulfonamides is 1. The van der Waals surface area contributed by atoms with Gasteiger partial charge in [0.25, 0.3) is 0 Å². The Morgan fingerprint density at radius 3 is 2.10 bits per heavy atom. The Kier molecular flexibility index (Phi) is 7.38. The SMILES string of the molecule is CC[C@H](C(=O)N1CCN(Cc2ccccc2)CC1)N(c1cc(C)cc(C)c1)S(C)(=O)=O. The standard InChI is InChI=1S/C24H33N3O3S/c1-5-23(27(31(4,29)30)22-16-19(2)15-20(3)17-22)24(28)26-13-11-25(12-14-26)18-21-9-7-6-8-10-21/h6-10,15-17,23H,5,11-14,18H2,1-4H3/t23-/m1/s1. The predicted octanol–water partition coefficient (Wildman–Crippen LogP) is 3.19. The van der Waals surface area contributed by atoms with Gasteiger partial charge in [-0.2, -0.15) is 0 Å². The second kappa shape index (κ2) is 9.83. The van der Waals surface area contributed by atoms with Crippen molar-refractivity contribution in [3.63, 3.8) is 0 Å². The van der Waals surface area contributed by atoms with E-state index in [0.29, 0.717) is 25.2 Å². The van der Waals surface area contributed by atoms with Gasteiger partial charge in [-0.25, -0.2) is 8.42 Å². The summed E-state index contributed by atoms with van der Waals surface area (Å²) < 4.78 is 26.8. The van der Waals surface area contributed by atoms with E-state index in [4.69, 9.17) is 0 Å². The van der Waals surface area contributed by atoms with E-state index >= 15 is 0 Å². The minimum atomic E-state index is -3.62. The molecule has 1 fully saturated rings. The molecule has 7 heteroatoms. The van der Waals surface area contributed by atoms with Crippen LogP contribution in [0.2, 0.25) is 0 Å². The molecule has 0 aromatic heterocycles. The Bertz CT molecular complexity index is 980. The van der Waals surface area contributed by atoms with Crippen LogP contribution < -0.4 is 4.31 Å². The van der Waals surface area contributed by atoms with E-state index in [1.165, 1.54) is 16.1 Å². The van der Waals surface area contributed by atoms with Crippen LogP contribution in [0.5, 0.6) is 0 Å². The van der Waals surface area contributed by atoms with E-state index in [-0.39, 0.29) is 5.91 Å². The lowest BCUT2D eigenvalue weighted by atomic mass is 10.1. The Labute approximate surface area is 186 Å². The summed E-state index contributed by atoms with van der Waals surface area (Å²) in [5.74, 6) is -0.119. The molecule has 0 aliphatic carbocycles. The first-order valence-electron chi connectivity index (χ1n) is 10.8. The van der Waals surface area contributed by atoms with Crippen molar-refractivity contribution in [3.05, 3.63) is 65.2 Å². The highest BCUT2D eigenvalue weighted by atomic mass is 32.2. The van der Waals surface area contributed by atoms with Gasteiger partial charge in [-0.1, -0.05) is 43.3 Å². The maximum absolute atomic E-state index is 13.4. The molecule has 1 amide bonds. The Balaban J connectivity index is 1.75. The average molecular weight is 444 g/mol. The number of rotatable bonds is 7. The van der Waals surface area contributed by atoms with Crippen molar-refractivity contribution < 1.29 is 13.2 Å². The second-order valence-corrected chi connectivity index (χ2v) is 10.3. The van der Waals surface area contributed by atoms with Gasteiger partial charge in [0, 0.05) is 32.7 Å². The molecule has 2 aromatic carbocycles. The van der Waals surface area contributed by atoms with Crippen LogP contribution in [0.15, 0.2) is 48.5 Å². The number of nitrogens with zero attached hydrogens (tertiary/aromatic N) is 3. The summed E-state index contributed by atoms with van der Waals surface area (Å²) in [6.07, 6.45) is 1.60. The van der Waals surface area contributed by atoms with Gasteiger partial charge in [-0.05, 0) is 49.1 Å². The van der Waals surface area contributed by atoms with Crippen molar-refractivity contribution in [2.45, 2.75) is 39.8 Å². The van der Waals surface area contributed by atoms with E-state index in [1.807, 2.05) is 62.1 Å². The second-order valence-electron chi connectivity index (χ2n) is 8.42. The zero-order valence-electron chi connectivity index (χ0n) is 18.9. The summed E-state index contributed by atoms with van der Waals surface area (Å²) in [6.45, 7) is 9.36. The zero-order valence-corrected chi connectivity index (χ0v) is 19.7. The van der Waals surface area contributed by atoms with Gasteiger partial charge in [-0.15, -0.1) is 0 Å². The Morgan fingerprint density at radius 2 is 1.58 bits per heavy atom. The van der Waals surface area contributed by atoms with Crippen LogP contribution >= 0.6 is 0 Å². The number of amides is 1. The van der Waals surface area contributed by atoms with Crippen molar-refractivity contribution in [2.24, 2.45) is 0 Å². The van der Waals surface area contributed by atoms with Crippen LogP contribution in [-0.4, -0.2) is 62.6 Å². The molecule has 1 atom stereocenters. The third kappa shape index (κ3) is 5.86. The highest BCUT2D eigenvalue weighted by Crippen LogP contribution is 2.26. The van der Waals surface area contributed by atoms with Crippen molar-refractivity contribution >= 4 is 21.6 Å². The first kappa shape index (κ1) is 23.3. The van der Waals surface area contributed by atoms with Crippen LogP contribution in [0.4, 0.5) is 5.69 Å². The number of benzene rings is 2. The lowest BCUT2D eigenvalue weighted by Crippen LogP contribution is -2.55. The molecular weight excluding hydrogens is 410 g/mol. The summed E-state index contributed by atoms with van der Waals surface area (Å²) in [6, 6.07) is 15.2. The number of piperazine rings is 1. The van der Waals surface area contributed by atoms with Gasteiger partial charge >= 0.3 is 0 Å². The van der Waals surface area contributed by atoms with Crippen LogP contribution in [0.25, 0.3) is 0 Å². The first-order chi connectivity index (χ1) is 14.7. The van der Waals surface area contributed by atoms with Gasteiger partial charge in [0.2, 0.25) is 15.9 Å². The fourth-order valence-electron chi connectivity index (χ4n) is 4.30. The first-order valence-corrected chi connectivity index (χ1v) is 12.7. The lowest BCUT2D eigenvalue weighted by molar-refractivity contribution is -0.134. The molecule has 0 N–H and O–H groups in total. The van der Waals surface area contributed by atoms with E-state index in [2.05, 4.69) is 17.0 Å². The van der Waals surface area contributed by atoms with Crippen LogP contribution in [0, 0.1) is 13.8 Å². The van der Waals surface area contributed by atoms with Crippen LogP contribution in [0.3, 0.4) is 0 Å². The van der Waals surface area contributed by atoms with Gasteiger partial charge in [0.15, 0.2) is 0 Å². The quantitative estimate of drug-likeness (QED) is 0.659. The maximum Gasteiger partial charge on any atom is 0.246 e. The van der Waals surface area contributed by atoms with Crippen LogP contribution in [0.1, 0.15) is 30.0 Å². The molecule has 1 aliphatic heterocycles. The smallest absolute Gasteiger partial charge is 0.246 e. The molecule has 168 valence electrons. The molecule has 0 bridgehead atoms. The van der Waals surface area contributed by atoms with Crippen molar-refractivity contribution in [1.82, 2.24) is 9.80 Å². The highest BCUT2D eigenvalue weighted by Gasteiger charge is 2.35. The summed E-state index contributed by atoms with van der Waals surface area (Å²) in [5, 5.41) is 0. The largest absolute Gasteiger partial charge is 0.338 e. The third-order valence-corrected chi connectivity index (χ3v) is 6.89. The number of hydrogen-bond donors (Lipinski definition) is 0. The molecule has 0 saturated carbocycles.